The van der Waals surface area contributed by atoms with Crippen molar-refractivity contribution in [1.82, 2.24) is 10.6 Å². The maximum Gasteiger partial charge on any atom is 0.221 e. The van der Waals surface area contributed by atoms with E-state index >= 15 is 0 Å². The van der Waals surface area contributed by atoms with Crippen LogP contribution < -0.4 is 10.6 Å². The van der Waals surface area contributed by atoms with Gasteiger partial charge in [-0.25, -0.2) is 0 Å². The third kappa shape index (κ3) is 2.70. The van der Waals surface area contributed by atoms with Gasteiger partial charge < -0.3 is 45.3 Å². The van der Waals surface area contributed by atoms with Crippen LogP contribution in [0.25, 0.3) is 0 Å². The van der Waals surface area contributed by atoms with Crippen LogP contribution in [0.2, 0.25) is 0 Å². The van der Waals surface area contributed by atoms with E-state index in [1.165, 1.54) is 0 Å². The van der Waals surface area contributed by atoms with Crippen molar-refractivity contribution in [3.05, 3.63) is 0 Å². The van der Waals surface area contributed by atoms with E-state index in [2.05, 4.69) is 10.6 Å². The van der Waals surface area contributed by atoms with Gasteiger partial charge in [0, 0.05) is 6.42 Å². The summed E-state index contributed by atoms with van der Waals surface area (Å²) >= 11 is 0. The Hall–Kier alpha value is -0.360. The van der Waals surface area contributed by atoms with E-state index in [1.807, 2.05) is 0 Å². The smallest absolute Gasteiger partial charge is 0.221 e. The highest BCUT2D eigenvalue weighted by Gasteiger charge is 2.61. The van der Waals surface area contributed by atoms with Crippen LogP contribution >= 0.6 is 0 Å². The fraction of sp³-hybridized carbons (Fsp3) is 1.00. The zero-order valence-electron chi connectivity index (χ0n) is 13.4. The van der Waals surface area contributed by atoms with Gasteiger partial charge >= 0.3 is 0 Å². The second-order valence-corrected chi connectivity index (χ2v) is 6.58. The lowest BCUT2D eigenvalue weighted by Crippen LogP contribution is -2.77. The SMILES string of the molecule is CN[C@@H]1[C@H](O)[C@H](NC)[C@H]2O[C@@]3(O)C[C@@H](O)[C@@H](C)O[C@H]3O[C@@H]2[C@H]1O. The first kappa shape index (κ1) is 17.5. The zero-order valence-corrected chi connectivity index (χ0v) is 13.4. The quantitative estimate of drug-likeness (QED) is 0.310. The lowest BCUT2D eigenvalue weighted by Gasteiger charge is -2.56. The molecule has 0 radical (unpaired) electrons. The summed E-state index contributed by atoms with van der Waals surface area (Å²) in [6.45, 7) is 1.67. The van der Waals surface area contributed by atoms with E-state index in [1.54, 1.807) is 21.0 Å². The van der Waals surface area contributed by atoms with Gasteiger partial charge in [-0.3, -0.25) is 0 Å². The van der Waals surface area contributed by atoms with Crippen LogP contribution in [0.1, 0.15) is 13.3 Å². The van der Waals surface area contributed by atoms with Gasteiger partial charge in [0.25, 0.3) is 0 Å². The maximum absolute atomic E-state index is 10.7. The van der Waals surface area contributed by atoms with Crippen LogP contribution in [0.5, 0.6) is 0 Å². The Morgan fingerprint density at radius 3 is 2.22 bits per heavy atom. The molecule has 6 N–H and O–H groups in total. The van der Waals surface area contributed by atoms with Crippen molar-refractivity contribution in [2.24, 2.45) is 0 Å². The molecule has 2 saturated heterocycles. The molecule has 3 aliphatic rings. The molecule has 134 valence electrons. The van der Waals surface area contributed by atoms with Gasteiger partial charge in [0.05, 0.1) is 30.4 Å². The number of hydrogen-bond donors (Lipinski definition) is 6. The molecule has 0 unspecified atom stereocenters. The number of rotatable bonds is 2. The second-order valence-electron chi connectivity index (χ2n) is 6.58. The predicted octanol–water partition coefficient (Wildman–Crippen LogP) is -3.13. The van der Waals surface area contributed by atoms with Crippen molar-refractivity contribution in [3.63, 3.8) is 0 Å². The minimum absolute atomic E-state index is 0.0693. The molecule has 3 fully saturated rings. The summed E-state index contributed by atoms with van der Waals surface area (Å²) in [4.78, 5) is 0. The summed E-state index contributed by atoms with van der Waals surface area (Å²) in [6, 6.07) is -1.18. The number of aliphatic hydroxyl groups excluding tert-OH is 3. The molecule has 1 aliphatic carbocycles. The first-order valence-electron chi connectivity index (χ1n) is 7.92. The Morgan fingerprint density at radius 1 is 0.957 bits per heavy atom. The van der Waals surface area contributed by atoms with Crippen molar-refractivity contribution in [1.29, 1.82) is 0 Å². The zero-order chi connectivity index (χ0) is 16.9. The molecular formula is C14H26N2O7. The van der Waals surface area contributed by atoms with Gasteiger partial charge in [-0.15, -0.1) is 0 Å². The van der Waals surface area contributed by atoms with Crippen molar-refractivity contribution in [2.45, 2.75) is 74.1 Å². The maximum atomic E-state index is 10.7. The Kier molecular flexibility index (Phi) is 4.69. The minimum atomic E-state index is -1.83. The van der Waals surface area contributed by atoms with Gasteiger partial charge in [-0.2, -0.15) is 0 Å². The van der Waals surface area contributed by atoms with Gasteiger partial charge in [0.2, 0.25) is 12.1 Å². The lowest BCUT2D eigenvalue weighted by atomic mass is 9.80. The monoisotopic (exact) mass is 334 g/mol. The van der Waals surface area contributed by atoms with Crippen molar-refractivity contribution >= 4 is 0 Å². The number of nitrogens with one attached hydrogen (secondary N) is 2. The largest absolute Gasteiger partial charge is 0.390 e. The molecule has 0 amide bonds. The second kappa shape index (κ2) is 6.17. The standard InChI is InChI=1S/C14H26N2O7/c1-5-6(17)4-14(20)13(21-5)22-12-10(19)7(15-2)9(18)8(16-3)11(12)23-14/h5-13,15-20H,4H2,1-3H3/t5-,6-,7-,8+,9+,10+,11-,12-,13+,14+/m1/s1. The van der Waals surface area contributed by atoms with E-state index in [9.17, 15) is 20.4 Å². The van der Waals surface area contributed by atoms with Crippen LogP contribution in [-0.2, 0) is 14.2 Å². The summed E-state index contributed by atoms with van der Waals surface area (Å²) in [6.07, 6.45) is -6.17. The average molecular weight is 334 g/mol. The van der Waals surface area contributed by atoms with Crippen LogP contribution in [-0.4, -0.2) is 95.3 Å². The molecule has 0 aromatic heterocycles. The summed E-state index contributed by atoms with van der Waals surface area (Å²) in [7, 11) is 3.29. The van der Waals surface area contributed by atoms with Crippen molar-refractivity contribution in [2.75, 3.05) is 14.1 Å². The third-order valence-corrected chi connectivity index (χ3v) is 5.16. The Balaban J connectivity index is 1.88. The van der Waals surface area contributed by atoms with Crippen molar-refractivity contribution in [3.8, 4) is 0 Å². The summed E-state index contributed by atoms with van der Waals surface area (Å²) in [5.41, 5.74) is 0. The van der Waals surface area contributed by atoms with Crippen molar-refractivity contribution < 1.29 is 34.6 Å². The highest BCUT2D eigenvalue weighted by atomic mass is 16.8. The molecule has 23 heavy (non-hydrogen) atoms. The van der Waals surface area contributed by atoms with Crippen LogP contribution in [0, 0.1) is 0 Å². The highest BCUT2D eigenvalue weighted by molar-refractivity contribution is 5.08. The molecule has 0 spiro atoms. The van der Waals surface area contributed by atoms with E-state index in [4.69, 9.17) is 14.2 Å². The third-order valence-electron chi connectivity index (χ3n) is 5.16. The normalized spacial score (nSPS) is 56.7. The molecule has 0 aromatic carbocycles. The number of ether oxygens (including phenoxy) is 3. The molecule has 0 aromatic rings. The molecular weight excluding hydrogens is 308 g/mol. The molecule has 9 heteroatoms. The molecule has 9 nitrogen and oxygen atoms in total. The summed E-state index contributed by atoms with van der Waals surface area (Å²) in [5.74, 6) is -1.83. The van der Waals surface area contributed by atoms with E-state index in [0.717, 1.165) is 0 Å². The Bertz CT molecular complexity index is 441. The number of fused-ring (bicyclic) bond motifs is 2. The molecule has 10 atom stereocenters. The van der Waals surface area contributed by atoms with Gasteiger partial charge in [0.1, 0.15) is 18.3 Å². The van der Waals surface area contributed by atoms with Crippen LogP contribution in [0.15, 0.2) is 0 Å². The minimum Gasteiger partial charge on any atom is -0.390 e. The van der Waals surface area contributed by atoms with E-state index in [-0.39, 0.29) is 6.42 Å². The van der Waals surface area contributed by atoms with Gasteiger partial charge in [0.15, 0.2) is 0 Å². The fourth-order valence-corrected chi connectivity index (χ4v) is 3.77. The number of likely N-dealkylation sites (N-methyl/N-ethyl adjacent to an activating group) is 2. The first-order chi connectivity index (χ1) is 10.8. The lowest BCUT2D eigenvalue weighted by molar-refractivity contribution is -0.451. The Morgan fingerprint density at radius 2 is 1.61 bits per heavy atom. The summed E-state index contributed by atoms with van der Waals surface area (Å²) < 4.78 is 17.1. The number of aliphatic hydroxyl groups is 4. The Labute approximate surface area is 134 Å². The molecule has 0 bridgehead atoms. The summed E-state index contributed by atoms with van der Waals surface area (Å²) in [5, 5.41) is 47.4. The number of hydrogen-bond acceptors (Lipinski definition) is 9. The molecule has 2 heterocycles. The van der Waals surface area contributed by atoms with Crippen LogP contribution in [0.4, 0.5) is 0 Å². The molecule has 1 saturated carbocycles. The fourth-order valence-electron chi connectivity index (χ4n) is 3.77. The van der Waals surface area contributed by atoms with Gasteiger partial charge in [-0.1, -0.05) is 0 Å². The highest BCUT2D eigenvalue weighted by Crippen LogP contribution is 2.41. The van der Waals surface area contributed by atoms with Crippen LogP contribution in [0.3, 0.4) is 0 Å². The average Bonchev–Trinajstić information content (AvgIpc) is 2.48. The topological polar surface area (TPSA) is 133 Å². The van der Waals surface area contributed by atoms with E-state index in [0.29, 0.717) is 0 Å². The molecule has 2 aliphatic heterocycles. The molecule has 3 rings (SSSR count). The van der Waals surface area contributed by atoms with E-state index < -0.39 is 60.8 Å². The first-order valence-corrected chi connectivity index (χ1v) is 7.92. The van der Waals surface area contributed by atoms with Gasteiger partial charge in [-0.05, 0) is 21.0 Å². The predicted molar refractivity (Wildman–Crippen MR) is 77.4 cm³/mol.